The van der Waals surface area contributed by atoms with Crippen LogP contribution in [0.25, 0.3) is 6.08 Å². The predicted molar refractivity (Wildman–Crippen MR) is 126 cm³/mol. The lowest BCUT2D eigenvalue weighted by Crippen LogP contribution is -2.32. The quantitative estimate of drug-likeness (QED) is 0.384. The van der Waals surface area contributed by atoms with Crippen molar-refractivity contribution in [3.05, 3.63) is 101 Å². The van der Waals surface area contributed by atoms with E-state index < -0.39 is 0 Å². The highest BCUT2D eigenvalue weighted by molar-refractivity contribution is 7.80. The van der Waals surface area contributed by atoms with Crippen LogP contribution in [0.5, 0.6) is 0 Å². The van der Waals surface area contributed by atoms with Crippen LogP contribution in [-0.4, -0.2) is 16.9 Å². The second-order valence-electron chi connectivity index (χ2n) is 6.20. The van der Waals surface area contributed by atoms with Gasteiger partial charge in [0.2, 0.25) is 5.91 Å². The molecule has 0 aliphatic carbocycles. The van der Waals surface area contributed by atoms with Gasteiger partial charge in [0.1, 0.15) is 0 Å². The number of halogens is 1. The zero-order valence-corrected chi connectivity index (χ0v) is 17.3. The molecule has 0 unspecified atom stereocenters. The van der Waals surface area contributed by atoms with Crippen LogP contribution in [0.2, 0.25) is 5.02 Å². The van der Waals surface area contributed by atoms with E-state index in [0.717, 1.165) is 5.56 Å². The van der Waals surface area contributed by atoms with Crippen molar-refractivity contribution in [1.29, 1.82) is 0 Å². The summed E-state index contributed by atoms with van der Waals surface area (Å²) in [5.41, 5.74) is 2.63. The highest BCUT2D eigenvalue weighted by Crippen LogP contribution is 2.16. The van der Waals surface area contributed by atoms with Gasteiger partial charge in [0.25, 0.3) is 5.91 Å². The van der Waals surface area contributed by atoms with Crippen molar-refractivity contribution in [1.82, 2.24) is 5.32 Å². The molecule has 3 N–H and O–H groups in total. The summed E-state index contributed by atoms with van der Waals surface area (Å²) in [6, 6.07) is 23.1. The van der Waals surface area contributed by atoms with Crippen molar-refractivity contribution >= 4 is 58.2 Å². The summed E-state index contributed by atoms with van der Waals surface area (Å²) in [5, 5.41) is 9.02. The molecular formula is C23H18ClN3O2S. The van der Waals surface area contributed by atoms with Gasteiger partial charge in [-0.3, -0.25) is 14.9 Å². The molecule has 3 rings (SSSR count). The molecule has 0 saturated carbocycles. The second-order valence-corrected chi connectivity index (χ2v) is 7.01. The zero-order valence-electron chi connectivity index (χ0n) is 15.8. The number of anilines is 2. The molecule has 0 bridgehead atoms. The second kappa shape index (κ2) is 10.3. The molecule has 0 fully saturated rings. The number of carbonyl (C=O) groups excluding carboxylic acids is 2. The lowest BCUT2D eigenvalue weighted by Gasteiger charge is -2.10. The summed E-state index contributed by atoms with van der Waals surface area (Å²) >= 11 is 11.2. The minimum absolute atomic E-state index is 0.157. The van der Waals surface area contributed by atoms with Gasteiger partial charge in [-0.05, 0) is 66.3 Å². The summed E-state index contributed by atoms with van der Waals surface area (Å²) < 4.78 is 0. The van der Waals surface area contributed by atoms with Crippen LogP contribution in [0.3, 0.4) is 0 Å². The van der Waals surface area contributed by atoms with E-state index in [9.17, 15) is 9.59 Å². The molecule has 7 heteroatoms. The van der Waals surface area contributed by atoms with Gasteiger partial charge >= 0.3 is 0 Å². The predicted octanol–water partition coefficient (Wildman–Crippen LogP) is 5.12. The molecule has 0 heterocycles. The van der Waals surface area contributed by atoms with E-state index in [0.29, 0.717) is 22.0 Å². The Hall–Kier alpha value is -3.48. The van der Waals surface area contributed by atoms with Crippen LogP contribution < -0.4 is 16.0 Å². The molecular weight excluding hydrogens is 418 g/mol. The van der Waals surface area contributed by atoms with Gasteiger partial charge in [-0.15, -0.1) is 0 Å². The third-order valence-corrected chi connectivity index (χ3v) is 4.54. The standard InChI is InChI=1S/C23H18ClN3O2S/c24-20-9-5-4-6-16(20)10-15-21(28)27-23(30)26-19-13-11-18(12-14-19)25-22(29)17-7-2-1-3-8-17/h1-15H,(H,25,29)(H2,26,27,28,30)/b15-10+. The van der Waals surface area contributed by atoms with Crippen molar-refractivity contribution < 1.29 is 9.59 Å². The van der Waals surface area contributed by atoms with E-state index in [1.807, 2.05) is 18.2 Å². The zero-order chi connectivity index (χ0) is 21.3. The minimum atomic E-state index is -0.376. The first-order valence-electron chi connectivity index (χ1n) is 9.02. The molecule has 0 aliphatic rings. The first-order chi connectivity index (χ1) is 14.5. The Morgan fingerprint density at radius 1 is 0.800 bits per heavy atom. The molecule has 0 radical (unpaired) electrons. The number of thiocarbonyl (C=S) groups is 1. The summed E-state index contributed by atoms with van der Waals surface area (Å²) in [7, 11) is 0. The Morgan fingerprint density at radius 3 is 2.07 bits per heavy atom. The third-order valence-electron chi connectivity index (χ3n) is 3.99. The number of rotatable bonds is 5. The molecule has 0 spiro atoms. The van der Waals surface area contributed by atoms with E-state index in [-0.39, 0.29) is 16.9 Å². The average molecular weight is 436 g/mol. The number of carbonyl (C=O) groups is 2. The van der Waals surface area contributed by atoms with Crippen molar-refractivity contribution in [2.75, 3.05) is 10.6 Å². The topological polar surface area (TPSA) is 70.2 Å². The fourth-order valence-electron chi connectivity index (χ4n) is 2.52. The molecule has 5 nitrogen and oxygen atoms in total. The maximum Gasteiger partial charge on any atom is 0.255 e. The third kappa shape index (κ3) is 6.27. The number of benzene rings is 3. The molecule has 0 aromatic heterocycles. The number of hydrogen-bond donors (Lipinski definition) is 3. The fourth-order valence-corrected chi connectivity index (χ4v) is 2.94. The van der Waals surface area contributed by atoms with Crippen molar-refractivity contribution in [3.8, 4) is 0 Å². The molecule has 0 saturated heterocycles. The molecule has 150 valence electrons. The molecule has 3 aromatic rings. The van der Waals surface area contributed by atoms with Crippen LogP contribution in [0, 0.1) is 0 Å². The van der Waals surface area contributed by atoms with Crippen LogP contribution in [0.1, 0.15) is 15.9 Å². The smallest absolute Gasteiger partial charge is 0.255 e. The van der Waals surface area contributed by atoms with Gasteiger partial charge in [-0.25, -0.2) is 0 Å². The van der Waals surface area contributed by atoms with E-state index in [2.05, 4.69) is 16.0 Å². The van der Waals surface area contributed by atoms with E-state index in [4.69, 9.17) is 23.8 Å². The van der Waals surface area contributed by atoms with Crippen LogP contribution in [0.4, 0.5) is 11.4 Å². The molecule has 2 amide bonds. The van der Waals surface area contributed by atoms with Crippen molar-refractivity contribution in [2.24, 2.45) is 0 Å². The first-order valence-corrected chi connectivity index (χ1v) is 9.81. The Morgan fingerprint density at radius 2 is 1.40 bits per heavy atom. The summed E-state index contributed by atoms with van der Waals surface area (Å²) in [4.78, 5) is 24.2. The Labute approximate surface area is 184 Å². The lowest BCUT2D eigenvalue weighted by molar-refractivity contribution is -0.115. The molecule has 3 aromatic carbocycles. The van der Waals surface area contributed by atoms with Gasteiger partial charge in [0.15, 0.2) is 5.11 Å². The van der Waals surface area contributed by atoms with E-state index >= 15 is 0 Å². The Bertz CT molecular complexity index is 1080. The fraction of sp³-hybridized carbons (Fsp3) is 0. The SMILES string of the molecule is O=C(/C=C/c1ccccc1Cl)NC(=S)Nc1ccc(NC(=O)c2ccccc2)cc1. The van der Waals surface area contributed by atoms with Crippen LogP contribution >= 0.6 is 23.8 Å². The minimum Gasteiger partial charge on any atom is -0.332 e. The Balaban J connectivity index is 1.51. The highest BCUT2D eigenvalue weighted by atomic mass is 35.5. The van der Waals surface area contributed by atoms with E-state index in [1.54, 1.807) is 66.7 Å². The average Bonchev–Trinajstić information content (AvgIpc) is 2.75. The first kappa shape index (κ1) is 21.2. The van der Waals surface area contributed by atoms with Gasteiger partial charge in [-0.2, -0.15) is 0 Å². The number of amides is 2. The van der Waals surface area contributed by atoms with Gasteiger partial charge in [-0.1, -0.05) is 48.0 Å². The maximum atomic E-state index is 12.2. The van der Waals surface area contributed by atoms with Gasteiger partial charge in [0.05, 0.1) is 0 Å². The Kier molecular flexibility index (Phi) is 7.32. The van der Waals surface area contributed by atoms with Gasteiger partial charge < -0.3 is 10.6 Å². The maximum absolute atomic E-state index is 12.2. The normalized spacial score (nSPS) is 10.4. The lowest BCUT2D eigenvalue weighted by atomic mass is 10.2. The van der Waals surface area contributed by atoms with Crippen LogP contribution in [-0.2, 0) is 4.79 Å². The number of hydrogen-bond acceptors (Lipinski definition) is 3. The molecule has 0 atom stereocenters. The number of nitrogens with one attached hydrogen (secondary N) is 3. The van der Waals surface area contributed by atoms with Crippen LogP contribution in [0.15, 0.2) is 84.9 Å². The monoisotopic (exact) mass is 435 g/mol. The molecule has 0 aliphatic heterocycles. The van der Waals surface area contributed by atoms with E-state index in [1.165, 1.54) is 6.08 Å². The van der Waals surface area contributed by atoms with Gasteiger partial charge in [0, 0.05) is 28.0 Å². The largest absolute Gasteiger partial charge is 0.332 e. The summed E-state index contributed by atoms with van der Waals surface area (Å²) in [5.74, 6) is -0.566. The highest BCUT2D eigenvalue weighted by Gasteiger charge is 2.06. The summed E-state index contributed by atoms with van der Waals surface area (Å²) in [6.07, 6.45) is 2.97. The van der Waals surface area contributed by atoms with Crippen molar-refractivity contribution in [3.63, 3.8) is 0 Å². The molecule has 30 heavy (non-hydrogen) atoms. The van der Waals surface area contributed by atoms with Crippen molar-refractivity contribution in [2.45, 2.75) is 0 Å². The summed E-state index contributed by atoms with van der Waals surface area (Å²) in [6.45, 7) is 0.